The first-order valence-electron chi connectivity index (χ1n) is 2.29. The van der Waals surface area contributed by atoms with E-state index in [2.05, 4.69) is 12.1 Å². The summed E-state index contributed by atoms with van der Waals surface area (Å²) in [6, 6.07) is 0. The van der Waals surface area contributed by atoms with Gasteiger partial charge >= 0.3 is 0 Å². The van der Waals surface area contributed by atoms with E-state index in [4.69, 9.17) is 4.84 Å². The third-order valence-corrected chi connectivity index (χ3v) is 0.387. The van der Waals surface area contributed by atoms with Gasteiger partial charge in [0.05, 0.1) is 6.10 Å². The van der Waals surface area contributed by atoms with Gasteiger partial charge in [-0.25, -0.2) is 0 Å². The van der Waals surface area contributed by atoms with Crippen molar-refractivity contribution in [2.24, 2.45) is 0 Å². The summed E-state index contributed by atoms with van der Waals surface area (Å²) in [6.07, 6.45) is 1.72. The summed E-state index contributed by atoms with van der Waals surface area (Å²) in [5.41, 5.74) is 2.51. The van der Waals surface area contributed by atoms with Gasteiger partial charge in [0, 0.05) is 6.20 Å². The summed E-state index contributed by atoms with van der Waals surface area (Å²) in [4.78, 5) is 4.82. The number of nitrogens with one attached hydrogen (secondary N) is 1. The Morgan fingerprint density at radius 1 is 1.71 bits per heavy atom. The van der Waals surface area contributed by atoms with Crippen LogP contribution in [0, 0.1) is 0 Å². The third kappa shape index (κ3) is 5.50. The molecule has 0 heterocycles. The van der Waals surface area contributed by atoms with Crippen LogP contribution in [0.5, 0.6) is 0 Å². The molecule has 1 N–H and O–H groups in total. The Hall–Kier alpha value is -0.500. The van der Waals surface area contributed by atoms with Crippen molar-refractivity contribution in [2.75, 3.05) is 0 Å². The first-order chi connectivity index (χ1) is 3.27. The van der Waals surface area contributed by atoms with Crippen LogP contribution in [0.25, 0.3) is 0 Å². The second kappa shape index (κ2) is 3.68. The number of hydrogen-bond acceptors (Lipinski definition) is 2. The zero-order valence-corrected chi connectivity index (χ0v) is 4.77. The maximum Gasteiger partial charge on any atom is 0.0797 e. The molecule has 0 aromatic carbocycles. The molecular weight excluding hydrogens is 90.1 g/mol. The lowest BCUT2D eigenvalue weighted by Gasteiger charge is -2.02. The molecule has 0 fully saturated rings. The van der Waals surface area contributed by atoms with Crippen molar-refractivity contribution in [3.63, 3.8) is 0 Å². The largest absolute Gasteiger partial charge is 0.275 e. The van der Waals surface area contributed by atoms with Crippen molar-refractivity contribution in [3.8, 4) is 0 Å². The highest BCUT2D eigenvalue weighted by Crippen LogP contribution is 1.79. The van der Waals surface area contributed by atoms with E-state index in [1.165, 1.54) is 6.20 Å². The van der Waals surface area contributed by atoms with Gasteiger partial charge in [0.15, 0.2) is 0 Å². The molecule has 42 valence electrons. The Kier molecular flexibility index (Phi) is 3.42. The fourth-order valence-corrected chi connectivity index (χ4v) is 0.184. The predicted octanol–water partition coefficient (Wildman–Crippen LogP) is 1.06. The van der Waals surface area contributed by atoms with E-state index in [0.717, 1.165) is 0 Å². The molecule has 0 aliphatic heterocycles. The van der Waals surface area contributed by atoms with Gasteiger partial charge in [0.1, 0.15) is 0 Å². The van der Waals surface area contributed by atoms with Gasteiger partial charge in [-0.2, -0.15) is 0 Å². The van der Waals surface area contributed by atoms with Crippen molar-refractivity contribution in [2.45, 2.75) is 20.0 Å². The molecule has 0 unspecified atom stereocenters. The van der Waals surface area contributed by atoms with E-state index in [1.807, 2.05) is 13.8 Å². The molecule has 0 atom stereocenters. The first kappa shape index (κ1) is 6.50. The average Bonchev–Trinajstić information content (AvgIpc) is 1.61. The van der Waals surface area contributed by atoms with E-state index in [9.17, 15) is 0 Å². The van der Waals surface area contributed by atoms with Gasteiger partial charge < -0.3 is 0 Å². The lowest BCUT2D eigenvalue weighted by molar-refractivity contribution is 0.0214. The van der Waals surface area contributed by atoms with E-state index in [-0.39, 0.29) is 6.10 Å². The van der Waals surface area contributed by atoms with Gasteiger partial charge in [0.25, 0.3) is 0 Å². The molecule has 2 heteroatoms. The molecule has 0 saturated carbocycles. The van der Waals surface area contributed by atoms with Crippen LogP contribution in [0.2, 0.25) is 0 Å². The Bertz CT molecular complexity index is 52.0. The topological polar surface area (TPSA) is 21.3 Å². The van der Waals surface area contributed by atoms with E-state index < -0.39 is 0 Å². The van der Waals surface area contributed by atoms with E-state index in [1.54, 1.807) is 0 Å². The SMILES string of the molecule is C=CNOC(C)C. The molecule has 0 amide bonds. The highest BCUT2D eigenvalue weighted by molar-refractivity contribution is 4.53. The molecule has 0 radical (unpaired) electrons. The zero-order valence-electron chi connectivity index (χ0n) is 4.77. The van der Waals surface area contributed by atoms with Crippen LogP contribution in [0.1, 0.15) is 13.8 Å². The molecule has 0 aromatic heterocycles. The maximum atomic E-state index is 4.82. The Balaban J connectivity index is 2.81. The normalized spacial score (nSPS) is 9.00. The van der Waals surface area contributed by atoms with Gasteiger partial charge in [-0.3, -0.25) is 10.3 Å². The van der Waals surface area contributed by atoms with Crippen molar-refractivity contribution in [3.05, 3.63) is 12.8 Å². The van der Waals surface area contributed by atoms with Gasteiger partial charge in [-0.1, -0.05) is 6.58 Å². The zero-order chi connectivity index (χ0) is 5.70. The Labute approximate surface area is 44.1 Å². The van der Waals surface area contributed by atoms with E-state index in [0.29, 0.717) is 0 Å². The fraction of sp³-hybridized carbons (Fsp3) is 0.600. The van der Waals surface area contributed by atoms with Crippen LogP contribution >= 0.6 is 0 Å². The molecule has 0 aliphatic carbocycles. The van der Waals surface area contributed by atoms with Gasteiger partial charge in [-0.15, -0.1) is 0 Å². The lowest BCUT2D eigenvalue weighted by atomic mass is 10.5. The number of hydroxylamine groups is 1. The van der Waals surface area contributed by atoms with Crippen LogP contribution < -0.4 is 5.48 Å². The van der Waals surface area contributed by atoms with Crippen molar-refractivity contribution < 1.29 is 4.84 Å². The highest BCUT2D eigenvalue weighted by Gasteiger charge is 1.84. The molecule has 0 bridgehead atoms. The van der Waals surface area contributed by atoms with E-state index >= 15 is 0 Å². The summed E-state index contributed by atoms with van der Waals surface area (Å²) >= 11 is 0. The summed E-state index contributed by atoms with van der Waals surface area (Å²) in [7, 11) is 0. The third-order valence-electron chi connectivity index (χ3n) is 0.387. The predicted molar refractivity (Wildman–Crippen MR) is 29.6 cm³/mol. The summed E-state index contributed by atoms with van der Waals surface area (Å²) in [5.74, 6) is 0. The second-order valence-electron chi connectivity index (χ2n) is 1.49. The van der Waals surface area contributed by atoms with Gasteiger partial charge in [-0.05, 0) is 13.8 Å². The lowest BCUT2D eigenvalue weighted by Crippen LogP contribution is -2.12. The Morgan fingerprint density at radius 3 is 2.43 bits per heavy atom. The molecule has 0 aromatic rings. The molecule has 0 aliphatic rings. The van der Waals surface area contributed by atoms with Crippen LogP contribution in [0.3, 0.4) is 0 Å². The monoisotopic (exact) mass is 101 g/mol. The summed E-state index contributed by atoms with van der Waals surface area (Å²) < 4.78 is 0. The van der Waals surface area contributed by atoms with Crippen LogP contribution in [-0.2, 0) is 4.84 Å². The number of rotatable bonds is 3. The second-order valence-corrected chi connectivity index (χ2v) is 1.49. The molecular formula is C5H11NO. The van der Waals surface area contributed by atoms with Crippen molar-refractivity contribution in [1.29, 1.82) is 0 Å². The molecule has 0 saturated heterocycles. The quantitative estimate of drug-likeness (QED) is 0.537. The first-order valence-corrected chi connectivity index (χ1v) is 2.29. The molecule has 0 spiro atoms. The van der Waals surface area contributed by atoms with Crippen LogP contribution in [0.15, 0.2) is 12.8 Å². The molecule has 0 rings (SSSR count). The van der Waals surface area contributed by atoms with Crippen LogP contribution in [0.4, 0.5) is 0 Å². The van der Waals surface area contributed by atoms with Crippen molar-refractivity contribution >= 4 is 0 Å². The standard InChI is InChI=1S/C5H11NO/c1-4-6-7-5(2)3/h4-6H,1H2,2-3H3. The fourth-order valence-electron chi connectivity index (χ4n) is 0.184. The average molecular weight is 101 g/mol. The van der Waals surface area contributed by atoms with Crippen molar-refractivity contribution in [1.82, 2.24) is 5.48 Å². The highest BCUT2D eigenvalue weighted by atomic mass is 16.7. The summed E-state index contributed by atoms with van der Waals surface area (Å²) in [6.45, 7) is 7.28. The van der Waals surface area contributed by atoms with Crippen LogP contribution in [-0.4, -0.2) is 6.10 Å². The maximum absolute atomic E-state index is 4.82. The number of hydrogen-bond donors (Lipinski definition) is 1. The Morgan fingerprint density at radius 2 is 2.29 bits per heavy atom. The molecule has 7 heavy (non-hydrogen) atoms. The van der Waals surface area contributed by atoms with Gasteiger partial charge in [0.2, 0.25) is 0 Å². The minimum Gasteiger partial charge on any atom is -0.275 e. The summed E-state index contributed by atoms with van der Waals surface area (Å²) in [5, 5.41) is 0. The smallest absolute Gasteiger partial charge is 0.0797 e. The minimum absolute atomic E-state index is 0.220. The molecule has 2 nitrogen and oxygen atoms in total. The minimum atomic E-state index is 0.220.